The van der Waals surface area contributed by atoms with Crippen LogP contribution in [-0.4, -0.2) is 47.5 Å². The normalized spacial score (nSPS) is 12.2. The number of nitrogens with zero attached hydrogens (tertiary/aromatic N) is 1. The molecule has 0 bridgehead atoms. The summed E-state index contributed by atoms with van der Waals surface area (Å²) in [5.74, 6) is -0.544. The van der Waals surface area contributed by atoms with Crippen molar-refractivity contribution >= 4 is 20.7 Å². The summed E-state index contributed by atoms with van der Waals surface area (Å²) in [4.78, 5) is 40.0. The van der Waals surface area contributed by atoms with Crippen molar-refractivity contribution in [1.82, 2.24) is 4.90 Å². The van der Waals surface area contributed by atoms with Crippen LogP contribution in [0.15, 0.2) is 42.6 Å². The van der Waals surface area contributed by atoms with E-state index in [9.17, 15) is 9.18 Å². The van der Waals surface area contributed by atoms with Crippen LogP contribution in [0.1, 0.15) is 12.0 Å². The van der Waals surface area contributed by atoms with Crippen LogP contribution in [0, 0.1) is 5.82 Å². The molecule has 0 fully saturated rings. The quantitative estimate of drug-likeness (QED) is 0.494. The van der Waals surface area contributed by atoms with E-state index in [1.165, 1.54) is 24.3 Å². The molecule has 0 spiro atoms. The monoisotopic (exact) mass is 325 g/mol. The highest BCUT2D eigenvalue weighted by atomic mass is 28.4. The van der Waals surface area contributed by atoms with Crippen LogP contribution in [0.25, 0.3) is 6.08 Å². The largest absolute Gasteiger partial charge is 0.492 e. The Bertz CT molecular complexity index is 537. The van der Waals surface area contributed by atoms with E-state index in [-0.39, 0.29) is 17.6 Å². The van der Waals surface area contributed by atoms with Gasteiger partial charge in [0.15, 0.2) is 5.78 Å². The molecule has 0 aliphatic rings. The molecule has 0 unspecified atom stereocenters. The zero-order chi connectivity index (χ0) is 16.6. The minimum atomic E-state index is -3.98. The van der Waals surface area contributed by atoms with Gasteiger partial charge >= 0.3 is 8.80 Å². The second-order valence-corrected chi connectivity index (χ2v) is 7.01. The Kier molecular flexibility index (Phi) is 7.13. The molecule has 0 saturated carbocycles. The summed E-state index contributed by atoms with van der Waals surface area (Å²) in [5.41, 5.74) is 0.728. The van der Waals surface area contributed by atoms with E-state index in [0.717, 1.165) is 5.56 Å². The molecule has 7 heteroatoms. The van der Waals surface area contributed by atoms with Crippen molar-refractivity contribution in [2.24, 2.45) is 0 Å². The van der Waals surface area contributed by atoms with Crippen molar-refractivity contribution in [3.63, 3.8) is 0 Å². The molecule has 0 aliphatic carbocycles. The fourth-order valence-electron chi connectivity index (χ4n) is 1.65. The van der Waals surface area contributed by atoms with E-state index in [2.05, 4.69) is 0 Å². The van der Waals surface area contributed by atoms with Crippen LogP contribution in [0.5, 0.6) is 0 Å². The number of allylic oxidation sites excluding steroid dienone is 2. The maximum absolute atomic E-state index is 12.7. The van der Waals surface area contributed by atoms with Gasteiger partial charge in [-0.3, -0.25) is 4.79 Å². The molecule has 0 radical (unpaired) electrons. The Balaban J connectivity index is 2.38. The molecular formula is C15H20FNO4Si. The second-order valence-electron chi connectivity index (χ2n) is 4.96. The molecule has 120 valence electrons. The third-order valence-electron chi connectivity index (χ3n) is 2.83. The van der Waals surface area contributed by atoms with Crippen LogP contribution in [0.4, 0.5) is 4.39 Å². The summed E-state index contributed by atoms with van der Waals surface area (Å²) in [5, 5.41) is 0. The first-order chi connectivity index (χ1) is 10.3. The molecule has 0 saturated heterocycles. The van der Waals surface area contributed by atoms with Gasteiger partial charge in [-0.25, -0.2) is 4.39 Å². The highest BCUT2D eigenvalue weighted by molar-refractivity contribution is 6.56. The van der Waals surface area contributed by atoms with Crippen molar-refractivity contribution in [3.05, 3.63) is 54.0 Å². The lowest BCUT2D eigenvalue weighted by molar-refractivity contribution is -0.110. The third kappa shape index (κ3) is 8.48. The van der Waals surface area contributed by atoms with E-state index < -0.39 is 8.80 Å². The maximum Gasteiger partial charge on any atom is 0.492 e. The summed E-state index contributed by atoms with van der Waals surface area (Å²) in [7, 11) is -2.24. The fraction of sp³-hybridized carbons (Fsp3) is 0.267. The molecule has 0 atom stereocenters. The zero-order valence-corrected chi connectivity index (χ0v) is 13.3. The summed E-state index contributed by atoms with van der Waals surface area (Å²) < 4.78 is 12.7. The minimum Gasteiger partial charge on any atom is -0.390 e. The number of hydrogen-bond acceptors (Lipinski definition) is 5. The molecule has 3 N–H and O–H groups in total. The molecule has 1 aromatic carbocycles. The number of hydrogen-bond donors (Lipinski definition) is 3. The Morgan fingerprint density at radius 3 is 2.45 bits per heavy atom. The van der Waals surface area contributed by atoms with Gasteiger partial charge in [0, 0.05) is 31.9 Å². The molecular weight excluding hydrogens is 305 g/mol. The molecule has 0 heterocycles. The van der Waals surface area contributed by atoms with Gasteiger partial charge < -0.3 is 19.3 Å². The van der Waals surface area contributed by atoms with Crippen LogP contribution in [0.3, 0.4) is 0 Å². The van der Waals surface area contributed by atoms with Gasteiger partial charge in [0.25, 0.3) is 0 Å². The van der Waals surface area contributed by atoms with E-state index >= 15 is 0 Å². The number of rotatable bonds is 8. The molecule has 1 rings (SSSR count). The van der Waals surface area contributed by atoms with Crippen molar-refractivity contribution in [2.75, 3.05) is 13.6 Å². The molecule has 5 nitrogen and oxygen atoms in total. The topological polar surface area (TPSA) is 81.0 Å². The predicted molar refractivity (Wildman–Crippen MR) is 84.0 cm³/mol. The lowest BCUT2D eigenvalue weighted by Gasteiger charge is -2.15. The van der Waals surface area contributed by atoms with Crippen LogP contribution in [0.2, 0.25) is 6.04 Å². The summed E-state index contributed by atoms with van der Waals surface area (Å²) in [6.45, 7) is 0.488. The van der Waals surface area contributed by atoms with Crippen LogP contribution < -0.4 is 0 Å². The van der Waals surface area contributed by atoms with Gasteiger partial charge in [-0.1, -0.05) is 18.2 Å². The zero-order valence-electron chi connectivity index (χ0n) is 12.3. The average Bonchev–Trinajstić information content (AvgIpc) is 2.43. The molecule has 0 aromatic heterocycles. The predicted octanol–water partition coefficient (Wildman–Crippen LogP) is 1.16. The highest BCUT2D eigenvalue weighted by Gasteiger charge is 2.25. The third-order valence-corrected chi connectivity index (χ3v) is 3.85. The SMILES string of the molecule is CN(/C=C/C(=O)/C=C/c1ccc(F)cc1)CCC[Si](O)(O)O. The summed E-state index contributed by atoms with van der Waals surface area (Å²) >= 11 is 0. The average molecular weight is 325 g/mol. The number of halogens is 1. The summed E-state index contributed by atoms with van der Waals surface area (Å²) in [6.07, 6.45) is 6.34. The fourth-order valence-corrected chi connectivity index (χ4v) is 2.28. The number of carbonyl (C=O) groups is 1. The van der Waals surface area contributed by atoms with Gasteiger partial charge in [-0.05, 0) is 30.2 Å². The Labute approximate surface area is 130 Å². The van der Waals surface area contributed by atoms with Gasteiger partial charge in [-0.15, -0.1) is 0 Å². The van der Waals surface area contributed by atoms with E-state index in [1.54, 1.807) is 36.4 Å². The standard InChI is InChI=1S/C15H20FNO4Si/c1-17(10-2-12-22(19,20)21)11-9-15(18)8-5-13-3-6-14(16)7-4-13/h3-9,11,19-21H,2,10,12H2,1H3/b8-5+,11-9+. The smallest absolute Gasteiger partial charge is 0.390 e. The Hall–Kier alpha value is -1.80. The lowest BCUT2D eigenvalue weighted by atomic mass is 10.2. The van der Waals surface area contributed by atoms with Crippen LogP contribution in [-0.2, 0) is 4.79 Å². The van der Waals surface area contributed by atoms with E-state index in [4.69, 9.17) is 14.4 Å². The first kappa shape index (κ1) is 18.2. The number of ketones is 1. The lowest BCUT2D eigenvalue weighted by Crippen LogP contribution is -2.35. The van der Waals surface area contributed by atoms with Gasteiger partial charge in [-0.2, -0.15) is 0 Å². The van der Waals surface area contributed by atoms with Crippen LogP contribution >= 0.6 is 0 Å². The second kappa shape index (κ2) is 8.59. The first-order valence-electron chi connectivity index (χ1n) is 6.79. The minimum absolute atomic E-state index is 0.0381. The maximum atomic E-state index is 12.7. The van der Waals surface area contributed by atoms with Gasteiger partial charge in [0.05, 0.1) is 0 Å². The van der Waals surface area contributed by atoms with E-state index in [1.807, 2.05) is 0 Å². The summed E-state index contributed by atoms with van der Waals surface area (Å²) in [6, 6.07) is 5.75. The molecule has 22 heavy (non-hydrogen) atoms. The Morgan fingerprint density at radius 2 is 1.86 bits per heavy atom. The van der Waals surface area contributed by atoms with Gasteiger partial charge in [0.1, 0.15) is 5.82 Å². The van der Waals surface area contributed by atoms with Gasteiger partial charge in [0.2, 0.25) is 0 Å². The first-order valence-corrected chi connectivity index (χ1v) is 8.84. The molecule has 0 aliphatic heterocycles. The molecule has 0 amide bonds. The highest BCUT2D eigenvalue weighted by Crippen LogP contribution is 2.05. The van der Waals surface area contributed by atoms with Crippen molar-refractivity contribution < 1.29 is 23.6 Å². The number of carbonyl (C=O) groups excluding carboxylic acids is 1. The molecule has 1 aromatic rings. The van der Waals surface area contributed by atoms with Crippen molar-refractivity contribution in [1.29, 1.82) is 0 Å². The van der Waals surface area contributed by atoms with Crippen molar-refractivity contribution in [3.8, 4) is 0 Å². The Morgan fingerprint density at radius 1 is 1.23 bits per heavy atom. The van der Waals surface area contributed by atoms with Crippen molar-refractivity contribution in [2.45, 2.75) is 12.5 Å². The van der Waals surface area contributed by atoms with E-state index in [0.29, 0.717) is 13.0 Å². The number of benzene rings is 1.